The highest BCUT2D eigenvalue weighted by Gasteiger charge is 2.26. The smallest absolute Gasteiger partial charge is 0.224 e. The molecule has 0 radical (unpaired) electrons. The number of carbonyl (C=O) groups excluding carboxylic acids is 1. The van der Waals surface area contributed by atoms with E-state index in [2.05, 4.69) is 11.0 Å². The van der Waals surface area contributed by atoms with Crippen LogP contribution in [0.3, 0.4) is 0 Å². The van der Waals surface area contributed by atoms with Crippen molar-refractivity contribution >= 4 is 27.2 Å². The summed E-state index contributed by atoms with van der Waals surface area (Å²) in [5.74, 6) is 2.13. The Morgan fingerprint density at radius 3 is 2.60 bits per heavy atom. The summed E-state index contributed by atoms with van der Waals surface area (Å²) >= 11 is 6.30. The molecule has 0 unspecified atom stereocenters. The molecule has 0 aliphatic rings. The average Bonchev–Trinajstić information content (AvgIpc) is 2.87. The predicted molar refractivity (Wildman–Crippen MR) is 95.0 cm³/mol. The Kier molecular flexibility index (Phi) is 5.26. The lowest BCUT2D eigenvalue weighted by Crippen LogP contribution is -2.11. The van der Waals surface area contributed by atoms with Crippen molar-refractivity contribution < 1.29 is 17.9 Å². The lowest BCUT2D eigenvalue weighted by Gasteiger charge is -2.14. The van der Waals surface area contributed by atoms with E-state index < -0.39 is 15.6 Å². The fourth-order valence-corrected chi connectivity index (χ4v) is 4.28. The van der Waals surface area contributed by atoms with Gasteiger partial charge in [-0.15, -0.1) is 6.42 Å². The molecule has 0 N–H and O–H groups in total. The normalized spacial score (nSPS) is 11.2. The molecule has 0 amide bonds. The van der Waals surface area contributed by atoms with Gasteiger partial charge in [-0.05, 0) is 31.0 Å². The number of sulfone groups is 1. The number of nitrogens with zero attached hydrogens (tertiary/aromatic N) is 2. The Labute approximate surface area is 151 Å². The van der Waals surface area contributed by atoms with Gasteiger partial charge in [0, 0.05) is 18.9 Å². The number of terminal acetylenes is 1. The zero-order chi connectivity index (χ0) is 18.9. The van der Waals surface area contributed by atoms with Gasteiger partial charge in [-0.3, -0.25) is 4.79 Å². The number of aromatic nitrogens is 2. The van der Waals surface area contributed by atoms with E-state index in [1.807, 2.05) is 0 Å². The van der Waals surface area contributed by atoms with Crippen LogP contribution in [-0.4, -0.2) is 36.8 Å². The number of halogens is 1. The second-order valence-corrected chi connectivity index (χ2v) is 7.92. The van der Waals surface area contributed by atoms with Gasteiger partial charge in [0.2, 0.25) is 11.7 Å². The largest absolute Gasteiger partial charge is 0.464 e. The summed E-state index contributed by atoms with van der Waals surface area (Å²) in [6, 6.07) is 1.46. The van der Waals surface area contributed by atoms with Crippen LogP contribution in [0.1, 0.15) is 27.0 Å². The topological polar surface area (TPSA) is 78.3 Å². The molecule has 1 aromatic heterocycles. The number of hydrogen-bond acceptors (Lipinski definition) is 5. The Morgan fingerprint density at radius 2 is 2.04 bits per heavy atom. The van der Waals surface area contributed by atoms with Crippen molar-refractivity contribution in [1.82, 2.24) is 9.78 Å². The molecule has 0 bridgehead atoms. The Balaban J connectivity index is 2.61. The van der Waals surface area contributed by atoms with Crippen LogP contribution in [0.15, 0.2) is 17.2 Å². The molecule has 1 aromatic carbocycles. The monoisotopic (exact) mass is 380 g/mol. The van der Waals surface area contributed by atoms with E-state index in [0.29, 0.717) is 11.1 Å². The molecular formula is C17H17ClN2O4S. The van der Waals surface area contributed by atoms with Crippen LogP contribution in [0, 0.1) is 26.2 Å². The summed E-state index contributed by atoms with van der Waals surface area (Å²) in [7, 11) is -1.85. The highest BCUT2D eigenvalue weighted by Crippen LogP contribution is 2.33. The predicted octanol–water partition coefficient (Wildman–Crippen LogP) is 2.34. The second-order valence-electron chi connectivity index (χ2n) is 5.59. The van der Waals surface area contributed by atoms with Crippen LogP contribution < -0.4 is 4.74 Å². The van der Waals surface area contributed by atoms with Gasteiger partial charge < -0.3 is 4.74 Å². The van der Waals surface area contributed by atoms with Crippen LogP contribution in [0.4, 0.5) is 0 Å². The van der Waals surface area contributed by atoms with Gasteiger partial charge in [-0.25, -0.2) is 13.1 Å². The summed E-state index contributed by atoms with van der Waals surface area (Å²) < 4.78 is 30.7. The van der Waals surface area contributed by atoms with Crippen molar-refractivity contribution in [3.05, 3.63) is 39.5 Å². The minimum absolute atomic E-state index is 0.0153. The van der Waals surface area contributed by atoms with Crippen molar-refractivity contribution in [2.75, 3.05) is 12.9 Å². The maximum atomic E-state index is 12.9. The van der Waals surface area contributed by atoms with Crippen LogP contribution in [-0.2, 0) is 16.9 Å². The van der Waals surface area contributed by atoms with E-state index in [1.54, 1.807) is 20.9 Å². The highest BCUT2D eigenvalue weighted by atomic mass is 35.5. The van der Waals surface area contributed by atoms with Gasteiger partial charge in [0.1, 0.15) is 5.56 Å². The molecule has 0 spiro atoms. The highest BCUT2D eigenvalue weighted by molar-refractivity contribution is 7.90. The average molecular weight is 381 g/mol. The quantitative estimate of drug-likeness (QED) is 0.587. The van der Waals surface area contributed by atoms with Crippen LogP contribution in [0.2, 0.25) is 5.02 Å². The van der Waals surface area contributed by atoms with Crippen LogP contribution >= 0.6 is 11.6 Å². The fraction of sp³-hybridized carbons (Fsp3) is 0.294. The van der Waals surface area contributed by atoms with Gasteiger partial charge in [-0.2, -0.15) is 5.10 Å². The Morgan fingerprint density at radius 1 is 1.40 bits per heavy atom. The third kappa shape index (κ3) is 3.55. The summed E-state index contributed by atoms with van der Waals surface area (Å²) in [4.78, 5) is 13.0. The maximum absolute atomic E-state index is 12.9. The third-order valence-electron chi connectivity index (χ3n) is 3.66. The number of benzene rings is 1. The zero-order valence-electron chi connectivity index (χ0n) is 14.3. The molecule has 1 heterocycles. The lowest BCUT2D eigenvalue weighted by atomic mass is 10.0. The number of hydrogen-bond donors (Lipinski definition) is 0. The molecule has 0 saturated heterocycles. The molecule has 2 aromatic rings. The van der Waals surface area contributed by atoms with Crippen LogP contribution in [0.25, 0.3) is 0 Å². The first-order valence-electron chi connectivity index (χ1n) is 7.22. The van der Waals surface area contributed by atoms with E-state index in [0.717, 1.165) is 6.26 Å². The summed E-state index contributed by atoms with van der Waals surface area (Å²) in [5.41, 5.74) is 1.17. The molecule has 132 valence electrons. The molecule has 0 fully saturated rings. The molecule has 0 atom stereocenters. The first-order valence-corrected chi connectivity index (χ1v) is 9.49. The van der Waals surface area contributed by atoms with Crippen molar-refractivity contribution in [3.63, 3.8) is 0 Å². The maximum Gasteiger partial charge on any atom is 0.224 e. The molecule has 0 aliphatic carbocycles. The van der Waals surface area contributed by atoms with Gasteiger partial charge in [-0.1, -0.05) is 17.5 Å². The van der Waals surface area contributed by atoms with Crippen molar-refractivity contribution in [1.29, 1.82) is 0 Å². The minimum atomic E-state index is -3.47. The molecule has 2 rings (SSSR count). The molecule has 25 heavy (non-hydrogen) atoms. The first-order chi connectivity index (χ1) is 11.6. The zero-order valence-corrected chi connectivity index (χ0v) is 15.8. The van der Waals surface area contributed by atoms with Gasteiger partial charge >= 0.3 is 0 Å². The molecular weight excluding hydrogens is 364 g/mol. The number of carbonyl (C=O) groups is 1. The molecule has 8 heteroatoms. The number of aryl methyl sites for hydroxylation is 2. The standard InChI is InChI=1S/C17H17ClN2O4S/c1-6-7-24-17-13(9-19-20(17)4)15(21)12-8-10(2)16(25(5,22)23)11(3)14(12)18/h1,8-9H,7H2,2-5H3. The number of rotatable bonds is 5. The number of ether oxygens (including phenoxy) is 1. The molecule has 0 aliphatic heterocycles. The van der Waals surface area contributed by atoms with E-state index in [1.165, 1.54) is 16.9 Å². The van der Waals surface area contributed by atoms with Crippen molar-refractivity contribution in [3.8, 4) is 18.2 Å². The van der Waals surface area contributed by atoms with E-state index >= 15 is 0 Å². The van der Waals surface area contributed by atoms with E-state index in [9.17, 15) is 13.2 Å². The first kappa shape index (κ1) is 19.0. The summed E-state index contributed by atoms with van der Waals surface area (Å²) in [6.07, 6.45) is 7.65. The van der Waals surface area contributed by atoms with E-state index in [-0.39, 0.29) is 33.5 Å². The third-order valence-corrected chi connectivity index (χ3v) is 5.52. The minimum Gasteiger partial charge on any atom is -0.464 e. The SMILES string of the molecule is C#CCOc1c(C(=O)c2cc(C)c(S(C)(=O)=O)c(C)c2Cl)cnn1C. The molecule has 0 saturated carbocycles. The van der Waals surface area contributed by atoms with E-state index in [4.69, 9.17) is 22.8 Å². The lowest BCUT2D eigenvalue weighted by molar-refractivity contribution is 0.103. The number of ketones is 1. The van der Waals surface area contributed by atoms with Gasteiger partial charge in [0.25, 0.3) is 0 Å². The fourth-order valence-electron chi connectivity index (χ4n) is 2.69. The van der Waals surface area contributed by atoms with Crippen molar-refractivity contribution in [2.24, 2.45) is 7.05 Å². The summed E-state index contributed by atoms with van der Waals surface area (Å²) in [6.45, 7) is 3.18. The van der Waals surface area contributed by atoms with Crippen LogP contribution in [0.5, 0.6) is 5.88 Å². The van der Waals surface area contributed by atoms with Gasteiger partial charge in [0.05, 0.1) is 16.1 Å². The molecule has 6 nitrogen and oxygen atoms in total. The Hall–Kier alpha value is -2.30. The second kappa shape index (κ2) is 6.90. The van der Waals surface area contributed by atoms with Gasteiger partial charge in [0.15, 0.2) is 16.4 Å². The van der Waals surface area contributed by atoms with Crippen molar-refractivity contribution in [2.45, 2.75) is 18.7 Å². The Bertz CT molecular complexity index is 1000. The summed E-state index contributed by atoms with van der Waals surface area (Å²) in [5, 5.41) is 4.10.